The van der Waals surface area contributed by atoms with Crippen LogP contribution in [0.3, 0.4) is 0 Å². The van der Waals surface area contributed by atoms with Gasteiger partial charge in [-0.25, -0.2) is 9.97 Å². The van der Waals surface area contributed by atoms with Gasteiger partial charge in [0.25, 0.3) is 0 Å². The van der Waals surface area contributed by atoms with Crippen molar-refractivity contribution in [3.05, 3.63) is 35.2 Å². The van der Waals surface area contributed by atoms with Gasteiger partial charge in [-0.15, -0.1) is 0 Å². The summed E-state index contributed by atoms with van der Waals surface area (Å²) in [6, 6.07) is 8.18. The first-order valence-corrected chi connectivity index (χ1v) is 8.11. The van der Waals surface area contributed by atoms with Gasteiger partial charge in [0.05, 0.1) is 17.4 Å². The predicted octanol–water partition coefficient (Wildman–Crippen LogP) is 3.34. The van der Waals surface area contributed by atoms with E-state index in [1.807, 2.05) is 29.8 Å². The SMILES string of the molecule is CC(C)c1nn2c(C#N)c(-c3ccc4c(c3)ncn4C)nc2s1. The smallest absolute Gasteiger partial charge is 0.214 e. The van der Waals surface area contributed by atoms with E-state index < -0.39 is 0 Å². The zero-order valence-corrected chi connectivity index (χ0v) is 13.8. The summed E-state index contributed by atoms with van der Waals surface area (Å²) in [4.78, 5) is 9.75. The van der Waals surface area contributed by atoms with Crippen LogP contribution in [0.2, 0.25) is 0 Å². The third kappa shape index (κ3) is 2.03. The zero-order chi connectivity index (χ0) is 16.1. The number of aryl methyl sites for hydroxylation is 1. The van der Waals surface area contributed by atoms with Crippen molar-refractivity contribution >= 4 is 27.3 Å². The number of rotatable bonds is 2. The van der Waals surface area contributed by atoms with Crippen LogP contribution in [0.1, 0.15) is 30.5 Å². The second-order valence-electron chi connectivity index (χ2n) is 5.77. The van der Waals surface area contributed by atoms with Gasteiger partial charge < -0.3 is 4.57 Å². The molecular weight excluding hydrogens is 308 g/mol. The number of hydrogen-bond donors (Lipinski definition) is 0. The Balaban J connectivity index is 1.93. The number of aromatic nitrogens is 5. The summed E-state index contributed by atoms with van der Waals surface area (Å²) in [5, 5.41) is 15.1. The minimum Gasteiger partial charge on any atom is -0.334 e. The van der Waals surface area contributed by atoms with Gasteiger partial charge in [0.1, 0.15) is 16.8 Å². The van der Waals surface area contributed by atoms with E-state index in [9.17, 15) is 5.26 Å². The first kappa shape index (κ1) is 13.9. The minimum absolute atomic E-state index is 0.321. The molecule has 0 saturated carbocycles. The molecule has 3 aromatic heterocycles. The van der Waals surface area contributed by atoms with E-state index in [1.165, 1.54) is 11.3 Å². The van der Waals surface area contributed by atoms with Crippen LogP contribution in [-0.2, 0) is 7.05 Å². The molecule has 0 aliphatic carbocycles. The number of hydrogen-bond acceptors (Lipinski definition) is 5. The van der Waals surface area contributed by atoms with Crippen molar-refractivity contribution in [1.29, 1.82) is 5.26 Å². The number of nitriles is 1. The molecular formula is C16H14N6S. The standard InChI is InChI=1S/C16H14N6S/c1-9(2)15-20-22-13(7-17)14(19-16(22)23-15)10-4-5-12-11(6-10)18-8-21(12)3/h4-6,8-9H,1-3H3. The molecule has 23 heavy (non-hydrogen) atoms. The molecule has 1 aromatic carbocycles. The van der Waals surface area contributed by atoms with Gasteiger partial charge in [-0.3, -0.25) is 0 Å². The average molecular weight is 322 g/mol. The van der Waals surface area contributed by atoms with Crippen molar-refractivity contribution in [3.63, 3.8) is 0 Å². The molecule has 3 heterocycles. The molecule has 0 bridgehead atoms. The summed E-state index contributed by atoms with van der Waals surface area (Å²) >= 11 is 1.53. The molecule has 0 atom stereocenters. The third-order valence-electron chi connectivity index (χ3n) is 3.82. The van der Waals surface area contributed by atoms with Crippen molar-refractivity contribution in [2.24, 2.45) is 7.05 Å². The van der Waals surface area contributed by atoms with Crippen LogP contribution in [0.15, 0.2) is 24.5 Å². The largest absolute Gasteiger partial charge is 0.334 e. The zero-order valence-electron chi connectivity index (χ0n) is 13.0. The Morgan fingerprint density at radius 1 is 1.30 bits per heavy atom. The molecule has 114 valence electrons. The second-order valence-corrected chi connectivity index (χ2v) is 6.76. The van der Waals surface area contributed by atoms with Crippen LogP contribution in [0.25, 0.3) is 27.3 Å². The number of fused-ring (bicyclic) bond motifs is 2. The van der Waals surface area contributed by atoms with Crippen LogP contribution in [-0.4, -0.2) is 24.1 Å². The van der Waals surface area contributed by atoms with Crippen molar-refractivity contribution in [3.8, 4) is 17.3 Å². The minimum atomic E-state index is 0.321. The van der Waals surface area contributed by atoms with Crippen molar-refractivity contribution in [1.82, 2.24) is 24.1 Å². The van der Waals surface area contributed by atoms with Crippen LogP contribution >= 0.6 is 11.3 Å². The third-order valence-corrected chi connectivity index (χ3v) is 5.03. The van der Waals surface area contributed by atoms with E-state index in [-0.39, 0.29) is 0 Å². The highest BCUT2D eigenvalue weighted by atomic mass is 32.1. The number of benzene rings is 1. The van der Waals surface area contributed by atoms with E-state index in [4.69, 9.17) is 0 Å². The molecule has 0 N–H and O–H groups in total. The van der Waals surface area contributed by atoms with Gasteiger partial charge in [-0.1, -0.05) is 31.3 Å². The molecule has 0 aliphatic heterocycles. The predicted molar refractivity (Wildman–Crippen MR) is 89.4 cm³/mol. The maximum Gasteiger partial charge on any atom is 0.214 e. The molecule has 4 aromatic rings. The summed E-state index contributed by atoms with van der Waals surface area (Å²) in [7, 11) is 1.96. The highest BCUT2D eigenvalue weighted by Crippen LogP contribution is 2.30. The molecule has 4 rings (SSSR count). The van der Waals surface area contributed by atoms with E-state index >= 15 is 0 Å². The summed E-state index contributed by atoms with van der Waals surface area (Å²) < 4.78 is 3.62. The van der Waals surface area contributed by atoms with Gasteiger partial charge in [0.2, 0.25) is 4.96 Å². The van der Waals surface area contributed by atoms with E-state index in [2.05, 4.69) is 35.0 Å². The van der Waals surface area contributed by atoms with Crippen molar-refractivity contribution in [2.75, 3.05) is 0 Å². The first-order valence-electron chi connectivity index (χ1n) is 7.29. The summed E-state index contributed by atoms with van der Waals surface area (Å²) in [5.74, 6) is 0.321. The molecule has 0 spiro atoms. The Morgan fingerprint density at radius 2 is 2.13 bits per heavy atom. The Hall–Kier alpha value is -2.72. The van der Waals surface area contributed by atoms with Crippen molar-refractivity contribution < 1.29 is 0 Å². The quantitative estimate of drug-likeness (QED) is 0.567. The Bertz CT molecular complexity index is 1080. The number of imidazole rings is 2. The lowest BCUT2D eigenvalue weighted by Gasteiger charge is -2.00. The molecule has 6 nitrogen and oxygen atoms in total. The van der Waals surface area contributed by atoms with E-state index in [0.717, 1.165) is 26.6 Å². The first-order chi connectivity index (χ1) is 11.1. The Morgan fingerprint density at radius 3 is 2.87 bits per heavy atom. The van der Waals surface area contributed by atoms with Gasteiger partial charge in [0.15, 0.2) is 5.69 Å². The lowest BCUT2D eigenvalue weighted by Crippen LogP contribution is -1.94. The fraction of sp³-hybridized carbons (Fsp3) is 0.250. The monoisotopic (exact) mass is 322 g/mol. The average Bonchev–Trinajstić information content (AvgIpc) is 3.19. The topological polar surface area (TPSA) is 71.8 Å². The lowest BCUT2D eigenvalue weighted by molar-refractivity contribution is 0.798. The summed E-state index contributed by atoms with van der Waals surface area (Å²) in [5.41, 5.74) is 3.96. The maximum atomic E-state index is 9.57. The highest BCUT2D eigenvalue weighted by Gasteiger charge is 2.19. The van der Waals surface area contributed by atoms with Gasteiger partial charge in [0, 0.05) is 18.5 Å². The summed E-state index contributed by atoms with van der Waals surface area (Å²) in [6.07, 6.45) is 1.78. The van der Waals surface area contributed by atoms with E-state index in [1.54, 1.807) is 10.8 Å². The molecule has 0 unspecified atom stereocenters. The lowest BCUT2D eigenvalue weighted by atomic mass is 10.1. The van der Waals surface area contributed by atoms with Gasteiger partial charge in [-0.2, -0.15) is 14.9 Å². The molecule has 0 aliphatic rings. The maximum absolute atomic E-state index is 9.57. The van der Waals surface area contributed by atoms with E-state index in [0.29, 0.717) is 17.3 Å². The normalized spacial score (nSPS) is 11.6. The highest BCUT2D eigenvalue weighted by molar-refractivity contribution is 7.16. The fourth-order valence-electron chi connectivity index (χ4n) is 2.58. The summed E-state index contributed by atoms with van der Waals surface area (Å²) in [6.45, 7) is 4.17. The second kappa shape index (κ2) is 4.89. The molecule has 7 heteroatoms. The van der Waals surface area contributed by atoms with Gasteiger partial charge in [-0.05, 0) is 12.1 Å². The van der Waals surface area contributed by atoms with Crippen LogP contribution in [0.4, 0.5) is 0 Å². The molecule has 0 radical (unpaired) electrons. The van der Waals surface area contributed by atoms with Crippen molar-refractivity contribution in [2.45, 2.75) is 19.8 Å². The Labute approximate surface area is 136 Å². The Kier molecular flexibility index (Phi) is 2.96. The molecule has 0 fully saturated rings. The van der Waals surface area contributed by atoms with Crippen LogP contribution < -0.4 is 0 Å². The fourth-order valence-corrected chi connectivity index (χ4v) is 3.48. The molecule has 0 amide bonds. The number of nitrogens with zero attached hydrogens (tertiary/aromatic N) is 6. The van der Waals surface area contributed by atoms with Gasteiger partial charge >= 0.3 is 0 Å². The molecule has 0 saturated heterocycles. The van der Waals surface area contributed by atoms with Crippen LogP contribution in [0.5, 0.6) is 0 Å². The van der Waals surface area contributed by atoms with Crippen LogP contribution in [0, 0.1) is 11.3 Å².